The maximum atomic E-state index is 13.1. The highest BCUT2D eigenvalue weighted by Crippen LogP contribution is 2.46. The number of ether oxygens (including phenoxy) is 2. The van der Waals surface area contributed by atoms with Crippen LogP contribution < -0.4 is 10.1 Å². The Bertz CT molecular complexity index is 1220. The van der Waals surface area contributed by atoms with Gasteiger partial charge in [0.1, 0.15) is 11.5 Å². The van der Waals surface area contributed by atoms with E-state index in [1.54, 1.807) is 0 Å². The van der Waals surface area contributed by atoms with Crippen LogP contribution in [0.25, 0.3) is 0 Å². The smallest absolute Gasteiger partial charge is 0.338 e. The van der Waals surface area contributed by atoms with Crippen LogP contribution in [0.2, 0.25) is 0 Å². The van der Waals surface area contributed by atoms with Gasteiger partial charge in [0.25, 0.3) is 0 Å². The first kappa shape index (κ1) is 25.6. The van der Waals surface area contributed by atoms with Crippen molar-refractivity contribution in [1.29, 1.82) is 0 Å². The molecule has 188 valence electrons. The molecular formula is C28H31N3O4S. The first-order chi connectivity index (χ1) is 17.4. The number of amides is 1. The fourth-order valence-electron chi connectivity index (χ4n) is 4.19. The number of amidine groups is 1. The molecule has 0 bridgehead atoms. The summed E-state index contributed by atoms with van der Waals surface area (Å²) in [4.78, 5) is 32.6. The monoisotopic (exact) mass is 505 g/mol. The molecule has 1 amide bonds. The summed E-state index contributed by atoms with van der Waals surface area (Å²) in [6.45, 7) is 5.99. The van der Waals surface area contributed by atoms with Gasteiger partial charge in [-0.2, -0.15) is 0 Å². The number of nitrogens with zero attached hydrogens (tertiary/aromatic N) is 2. The normalized spacial score (nSPS) is 17.7. The third-order valence-corrected chi connectivity index (χ3v) is 7.03. The van der Waals surface area contributed by atoms with Gasteiger partial charge < -0.3 is 19.7 Å². The molecule has 2 heterocycles. The van der Waals surface area contributed by atoms with Crippen LogP contribution in [0.5, 0.6) is 11.5 Å². The Morgan fingerprint density at radius 2 is 1.86 bits per heavy atom. The Kier molecular flexibility index (Phi) is 8.15. The van der Waals surface area contributed by atoms with Crippen LogP contribution in [0.1, 0.15) is 51.6 Å². The van der Waals surface area contributed by atoms with Crippen LogP contribution in [0.15, 0.2) is 82.0 Å². The topological polar surface area (TPSA) is 80.2 Å². The van der Waals surface area contributed by atoms with Crippen LogP contribution in [-0.4, -0.2) is 35.1 Å². The lowest BCUT2D eigenvalue weighted by Gasteiger charge is -2.36. The molecule has 0 radical (unpaired) electrons. The number of hydrogen-bond acceptors (Lipinski definition) is 7. The Morgan fingerprint density at radius 3 is 2.56 bits per heavy atom. The maximum absolute atomic E-state index is 13.1. The standard InChI is InChI=1S/C28H31N3O4S/c1-5-18(3)29-24(32)16-20-17-36-28-30-23(6-2)25(27(33)34-4)26(31(20)28)19-11-10-14-22(15-19)35-21-12-8-7-9-13-21/h7-15,17-18,26H,5-6,16H2,1-4H3,(H,29,32)/t18-,26-/m0/s1. The van der Waals surface area contributed by atoms with Crippen LogP contribution in [-0.2, 0) is 14.3 Å². The molecule has 8 heteroatoms. The Labute approximate surface area is 216 Å². The summed E-state index contributed by atoms with van der Waals surface area (Å²) in [5.41, 5.74) is 2.78. The lowest BCUT2D eigenvalue weighted by atomic mass is 9.92. The van der Waals surface area contributed by atoms with E-state index in [0.717, 1.165) is 28.6 Å². The van der Waals surface area contributed by atoms with Gasteiger partial charge in [0.15, 0.2) is 5.17 Å². The van der Waals surface area contributed by atoms with E-state index in [4.69, 9.17) is 14.5 Å². The molecule has 0 aromatic heterocycles. The lowest BCUT2D eigenvalue weighted by Crippen LogP contribution is -2.39. The van der Waals surface area contributed by atoms with Crippen LogP contribution in [0.4, 0.5) is 0 Å². The van der Waals surface area contributed by atoms with Gasteiger partial charge in [-0.05, 0) is 55.0 Å². The molecule has 1 N–H and O–H groups in total. The first-order valence-corrected chi connectivity index (χ1v) is 13.0. The lowest BCUT2D eigenvalue weighted by molar-refractivity contribution is -0.136. The predicted molar refractivity (Wildman–Crippen MR) is 142 cm³/mol. The molecule has 2 aliphatic rings. The fourth-order valence-corrected chi connectivity index (χ4v) is 5.13. The molecule has 4 rings (SSSR count). The number of allylic oxidation sites excluding steroid dienone is 1. The molecule has 0 aliphatic carbocycles. The third kappa shape index (κ3) is 5.49. The van der Waals surface area contributed by atoms with E-state index >= 15 is 0 Å². The second-order valence-corrected chi connectivity index (χ2v) is 9.48. The van der Waals surface area contributed by atoms with Crippen molar-refractivity contribution in [2.24, 2.45) is 4.99 Å². The summed E-state index contributed by atoms with van der Waals surface area (Å²) >= 11 is 1.46. The number of methoxy groups -OCH3 is 1. The van der Waals surface area contributed by atoms with E-state index in [1.165, 1.54) is 18.9 Å². The minimum Gasteiger partial charge on any atom is -0.466 e. The quantitative estimate of drug-likeness (QED) is 0.426. The summed E-state index contributed by atoms with van der Waals surface area (Å²) in [5.74, 6) is 0.867. The number of esters is 1. The zero-order chi connectivity index (χ0) is 25.7. The second-order valence-electron chi connectivity index (χ2n) is 8.64. The maximum Gasteiger partial charge on any atom is 0.338 e. The van der Waals surface area contributed by atoms with E-state index in [0.29, 0.717) is 23.4 Å². The van der Waals surface area contributed by atoms with E-state index in [9.17, 15) is 9.59 Å². The zero-order valence-electron chi connectivity index (χ0n) is 21.0. The highest BCUT2D eigenvalue weighted by atomic mass is 32.2. The average Bonchev–Trinajstić information content (AvgIpc) is 3.29. The number of carbonyl (C=O) groups is 2. The van der Waals surface area contributed by atoms with Crippen molar-refractivity contribution in [1.82, 2.24) is 10.2 Å². The predicted octanol–water partition coefficient (Wildman–Crippen LogP) is 5.92. The summed E-state index contributed by atoms with van der Waals surface area (Å²) < 4.78 is 11.3. The van der Waals surface area contributed by atoms with Gasteiger partial charge >= 0.3 is 5.97 Å². The largest absolute Gasteiger partial charge is 0.466 e. The molecule has 2 aliphatic heterocycles. The second kappa shape index (κ2) is 11.5. The fraction of sp³-hybridized carbons (Fsp3) is 0.321. The summed E-state index contributed by atoms with van der Waals surface area (Å²) in [7, 11) is 1.38. The highest BCUT2D eigenvalue weighted by molar-refractivity contribution is 8.16. The number of hydrogen-bond donors (Lipinski definition) is 1. The van der Waals surface area contributed by atoms with Gasteiger partial charge in [0.05, 0.1) is 30.8 Å². The van der Waals surface area contributed by atoms with Crippen LogP contribution in [0, 0.1) is 0 Å². The van der Waals surface area contributed by atoms with Gasteiger partial charge in [-0.15, -0.1) is 0 Å². The summed E-state index contributed by atoms with van der Waals surface area (Å²) in [6.07, 6.45) is 1.60. The minimum absolute atomic E-state index is 0.0674. The Balaban J connectivity index is 1.73. The number of para-hydroxylation sites is 1. The van der Waals surface area contributed by atoms with E-state index in [-0.39, 0.29) is 18.4 Å². The summed E-state index contributed by atoms with van der Waals surface area (Å²) in [6, 6.07) is 16.8. The summed E-state index contributed by atoms with van der Waals surface area (Å²) in [5, 5.41) is 5.71. The van der Waals surface area contributed by atoms with Crippen molar-refractivity contribution >= 4 is 28.8 Å². The SMILES string of the molecule is CCC1=C(C(=O)OC)[C@H](c2cccc(Oc3ccccc3)c2)N2C(CC(=O)N[C@@H](C)CC)=CSC2=N1. The number of carbonyl (C=O) groups excluding carboxylic acids is 2. The van der Waals surface area contributed by atoms with Crippen molar-refractivity contribution < 1.29 is 19.1 Å². The number of nitrogens with one attached hydrogen (secondary N) is 1. The minimum atomic E-state index is -0.503. The number of aliphatic imine (C=N–C) groups is 1. The van der Waals surface area contributed by atoms with Gasteiger partial charge in [-0.3, -0.25) is 4.79 Å². The number of thioether (sulfide) groups is 1. The molecule has 0 saturated heterocycles. The van der Waals surface area contributed by atoms with Crippen molar-refractivity contribution in [3.63, 3.8) is 0 Å². The van der Waals surface area contributed by atoms with Crippen molar-refractivity contribution in [2.75, 3.05) is 7.11 Å². The molecule has 2 aromatic carbocycles. The van der Waals surface area contributed by atoms with Gasteiger partial charge in [0.2, 0.25) is 5.91 Å². The highest BCUT2D eigenvalue weighted by Gasteiger charge is 2.41. The first-order valence-electron chi connectivity index (χ1n) is 12.1. The van der Waals surface area contributed by atoms with E-state index < -0.39 is 12.0 Å². The molecule has 36 heavy (non-hydrogen) atoms. The van der Waals surface area contributed by atoms with Gasteiger partial charge in [-0.25, -0.2) is 9.79 Å². The van der Waals surface area contributed by atoms with Crippen molar-refractivity contribution in [3.8, 4) is 11.5 Å². The number of fused-ring (bicyclic) bond motifs is 1. The zero-order valence-corrected chi connectivity index (χ0v) is 21.8. The molecule has 2 aromatic rings. The molecule has 0 spiro atoms. The number of rotatable bonds is 9. The average molecular weight is 506 g/mol. The molecule has 2 atom stereocenters. The Morgan fingerprint density at radius 1 is 1.11 bits per heavy atom. The molecule has 7 nitrogen and oxygen atoms in total. The number of benzene rings is 2. The third-order valence-electron chi connectivity index (χ3n) is 6.14. The molecule has 0 fully saturated rings. The van der Waals surface area contributed by atoms with E-state index in [1.807, 2.05) is 85.7 Å². The van der Waals surface area contributed by atoms with Crippen molar-refractivity contribution in [3.05, 3.63) is 82.5 Å². The molecule has 0 unspecified atom stereocenters. The van der Waals surface area contributed by atoms with Gasteiger partial charge in [0, 0.05) is 11.7 Å². The van der Waals surface area contributed by atoms with Crippen LogP contribution in [0.3, 0.4) is 0 Å². The molecule has 0 saturated carbocycles. The Hall–Kier alpha value is -3.52. The van der Waals surface area contributed by atoms with E-state index in [2.05, 4.69) is 5.32 Å². The van der Waals surface area contributed by atoms with Crippen molar-refractivity contribution in [2.45, 2.75) is 52.1 Å². The van der Waals surface area contributed by atoms with Gasteiger partial charge in [-0.1, -0.05) is 55.9 Å². The molecular weight excluding hydrogens is 474 g/mol. The van der Waals surface area contributed by atoms with Crippen LogP contribution >= 0.6 is 11.8 Å².